The van der Waals surface area contributed by atoms with Crippen molar-refractivity contribution in [3.8, 4) is 0 Å². The third-order valence-corrected chi connectivity index (χ3v) is 12.8. The van der Waals surface area contributed by atoms with Gasteiger partial charge in [0.2, 0.25) is 0 Å². The summed E-state index contributed by atoms with van der Waals surface area (Å²) in [6.07, 6.45) is 24.2. The molecule has 2 heterocycles. The molecule has 0 aliphatic carbocycles. The number of unbranched alkanes of at least 4 members (excludes halogenated alkanes) is 6. The van der Waals surface area contributed by atoms with E-state index in [9.17, 15) is 48.6 Å². The molecule has 1 saturated heterocycles. The average molecular weight is 974 g/mol. The lowest BCUT2D eigenvalue weighted by Crippen LogP contribution is -2.36. The fraction of sp³-hybridized carbons (Fsp3) is 0.644. The molecule has 1 fully saturated rings. The molecule has 1 aliphatic heterocycles. The van der Waals surface area contributed by atoms with Gasteiger partial charge in [-0.25, -0.2) is 13.9 Å². The van der Waals surface area contributed by atoms with E-state index in [0.29, 0.717) is 38.0 Å². The lowest BCUT2D eigenvalue weighted by atomic mass is 10.00. The molecule has 0 saturated carbocycles. The predicted octanol–water partition coefficient (Wildman–Crippen LogP) is 7.21. The maximum Gasteiger partial charge on any atom is 0.481 e. The third-order valence-electron chi connectivity index (χ3n) is 10.2. The molecule has 0 amide bonds. The first kappa shape index (κ1) is 58.5. The van der Waals surface area contributed by atoms with Gasteiger partial charge in [0.15, 0.2) is 12.3 Å². The summed E-state index contributed by atoms with van der Waals surface area (Å²) in [5, 5.41) is 30.6. The Morgan fingerprint density at radius 2 is 1.52 bits per heavy atom. The second kappa shape index (κ2) is 33.0. The Bertz CT molecular complexity index is 1870. The fourth-order valence-corrected chi connectivity index (χ4v) is 8.39. The van der Waals surface area contributed by atoms with Gasteiger partial charge in [-0.1, -0.05) is 126 Å². The van der Waals surface area contributed by atoms with Crippen molar-refractivity contribution in [2.24, 2.45) is 5.92 Å². The first-order chi connectivity index (χ1) is 31.5. The normalized spacial score (nSPS) is 21.2. The number of rotatable bonds is 35. The quantitative estimate of drug-likeness (QED) is 0.0129. The molecule has 1 aromatic heterocycles. The van der Waals surface area contributed by atoms with E-state index in [1.807, 2.05) is 61.6 Å². The zero-order valence-electron chi connectivity index (χ0n) is 38.5. The van der Waals surface area contributed by atoms with Crippen LogP contribution in [0.3, 0.4) is 0 Å². The number of aromatic nitrogens is 2. The molecule has 7 N–H and O–H groups in total. The van der Waals surface area contributed by atoms with Gasteiger partial charge in [0.05, 0.1) is 19.3 Å². The minimum Gasteiger partial charge on any atom is -0.462 e. The molecule has 19 nitrogen and oxygen atoms in total. The number of anilines is 1. The summed E-state index contributed by atoms with van der Waals surface area (Å²) in [6, 6.07) is 1.24. The molecule has 0 aromatic carbocycles. The smallest absolute Gasteiger partial charge is 0.462 e. The van der Waals surface area contributed by atoms with Gasteiger partial charge >= 0.3 is 33.3 Å². The summed E-state index contributed by atoms with van der Waals surface area (Å²) in [5.41, 5.74) is 4.56. The zero-order valence-corrected chi connectivity index (χ0v) is 40.3. The second-order valence-corrected chi connectivity index (χ2v) is 19.0. The van der Waals surface area contributed by atoms with Crippen LogP contribution in [0.5, 0.6) is 0 Å². The lowest BCUT2D eigenvalue weighted by Gasteiger charge is -2.21. The van der Waals surface area contributed by atoms with E-state index in [1.54, 1.807) is 6.08 Å². The fourth-order valence-electron chi connectivity index (χ4n) is 6.28. The van der Waals surface area contributed by atoms with Crippen molar-refractivity contribution in [2.45, 2.75) is 160 Å². The Hall–Kier alpha value is -3.58. The minimum atomic E-state index is -5.44. The number of ether oxygens (including phenoxy) is 3. The number of carbonyl (C=O) groups excluding carboxylic acids is 2. The van der Waals surface area contributed by atoms with Gasteiger partial charge in [-0.3, -0.25) is 23.2 Å². The van der Waals surface area contributed by atoms with Crippen LogP contribution in [-0.4, -0.2) is 96.9 Å². The Morgan fingerprint density at radius 3 is 2.23 bits per heavy atom. The van der Waals surface area contributed by atoms with Crippen LogP contribution in [-0.2, 0) is 46.3 Å². The number of nitrogens with two attached hydrogens (primary N) is 1. The van der Waals surface area contributed by atoms with E-state index in [0.717, 1.165) is 62.1 Å². The van der Waals surface area contributed by atoms with Gasteiger partial charge in [-0.05, 0) is 56.9 Å². The number of phosphoric acid groups is 2. The topological polar surface area (TPSA) is 286 Å². The Labute approximate surface area is 388 Å². The molecular weight excluding hydrogens is 900 g/mol. The van der Waals surface area contributed by atoms with Gasteiger partial charge in [0.1, 0.15) is 30.7 Å². The van der Waals surface area contributed by atoms with Gasteiger partial charge in [-0.15, -0.1) is 0 Å². The molecule has 374 valence electrons. The van der Waals surface area contributed by atoms with E-state index in [1.165, 1.54) is 12.5 Å². The Kier molecular flexibility index (Phi) is 29.3. The number of aliphatic hydroxyl groups excluding tert-OH is 3. The highest BCUT2D eigenvalue weighted by molar-refractivity contribution is 7.61. The molecule has 66 heavy (non-hydrogen) atoms. The maximum absolute atomic E-state index is 12.8. The summed E-state index contributed by atoms with van der Waals surface area (Å²) >= 11 is 0. The van der Waals surface area contributed by atoms with Crippen molar-refractivity contribution >= 4 is 33.4 Å². The summed E-state index contributed by atoms with van der Waals surface area (Å²) in [6.45, 7) is 4.04. The van der Waals surface area contributed by atoms with E-state index in [4.69, 9.17) is 29.0 Å². The predicted molar refractivity (Wildman–Crippen MR) is 248 cm³/mol. The highest BCUT2D eigenvalue weighted by Gasteiger charge is 2.46. The summed E-state index contributed by atoms with van der Waals surface area (Å²) in [4.78, 5) is 61.6. The minimum absolute atomic E-state index is 0.0250. The maximum atomic E-state index is 12.8. The number of esters is 2. The molecule has 9 atom stereocenters. The van der Waals surface area contributed by atoms with Crippen LogP contribution in [0.1, 0.15) is 130 Å². The van der Waals surface area contributed by atoms with Gasteiger partial charge in [-0.2, -0.15) is 9.29 Å². The van der Waals surface area contributed by atoms with Crippen LogP contribution in [0.15, 0.2) is 77.8 Å². The highest BCUT2D eigenvalue weighted by atomic mass is 31.3. The van der Waals surface area contributed by atoms with Gasteiger partial charge in [0, 0.05) is 19.0 Å². The number of carbonyl (C=O) groups is 2. The van der Waals surface area contributed by atoms with Crippen LogP contribution in [0.4, 0.5) is 5.82 Å². The van der Waals surface area contributed by atoms with Crippen molar-refractivity contribution < 1.29 is 71.4 Å². The summed E-state index contributed by atoms with van der Waals surface area (Å²) < 4.78 is 56.4. The van der Waals surface area contributed by atoms with Crippen LogP contribution in [0.25, 0.3) is 0 Å². The van der Waals surface area contributed by atoms with Crippen LogP contribution < -0.4 is 11.4 Å². The summed E-state index contributed by atoms with van der Waals surface area (Å²) in [5.74, 6) is -0.706. The third kappa shape index (κ3) is 26.1. The molecule has 0 bridgehead atoms. The first-order valence-electron chi connectivity index (χ1n) is 22.8. The van der Waals surface area contributed by atoms with Crippen molar-refractivity contribution in [2.75, 3.05) is 25.6 Å². The van der Waals surface area contributed by atoms with Crippen LogP contribution in [0, 0.1) is 5.92 Å². The Morgan fingerprint density at radius 1 is 0.864 bits per heavy atom. The molecule has 2 rings (SSSR count). The Balaban J connectivity index is 1.86. The molecule has 1 aliphatic rings. The standard InChI is InChI=1S/C45H73N3O16P2/c1-4-6-26-36(49)27-22-18-13-11-9-7-8-10-12-14-19-23-28-40(50)59-32-37(62-41(51)29-24-20-16-15-17-21-25-35(3)5-2)33-60-65(55,56)64-66(57,58)61-34-38-42(52)43(53)44(63-38)48-31-30-39(46)47-45(48)54/h6-8,11-14,18,22,26,30-31,35-38,42-44,49,52-53H,4-5,9-10,15-17,19-21,23-25,27-29,32-34H2,1-3H3,(H,55,56)(H,57,58)(H2,46,47,54)/b8-7-,13-11-,14-12-,22-18+,26-6-/t35?,36?,37-,38-,42-,43-,44-/m1/s1. The SMILES string of the molecule is CC/C=C\C(O)C/C=C/C=C\C/C=C\C/C=C\CCCC(=O)OC[C@H](COP(=O)(O)OP(=O)(O)OC[C@H]1O[C@@H](n2ccc(N)nc2=O)[C@H](O)[C@@H]1O)OC(=O)CCCCCCCCC(C)CC. The molecule has 21 heteroatoms. The average Bonchev–Trinajstić information content (AvgIpc) is 3.55. The lowest BCUT2D eigenvalue weighted by molar-refractivity contribution is -0.161. The number of nitrogen functional groups attached to an aromatic ring is 1. The second-order valence-electron chi connectivity index (χ2n) is 16.0. The van der Waals surface area contributed by atoms with Gasteiger partial charge < -0.3 is 45.1 Å². The highest BCUT2D eigenvalue weighted by Crippen LogP contribution is 2.60. The van der Waals surface area contributed by atoms with E-state index < -0.39 is 89.8 Å². The van der Waals surface area contributed by atoms with Crippen LogP contribution in [0.2, 0.25) is 0 Å². The molecule has 4 unspecified atom stereocenters. The van der Waals surface area contributed by atoms with E-state index in [-0.39, 0.29) is 18.7 Å². The molecule has 0 radical (unpaired) electrons. The number of aliphatic hydroxyl groups is 3. The number of phosphoric ester groups is 2. The van der Waals surface area contributed by atoms with Crippen molar-refractivity contribution in [1.29, 1.82) is 0 Å². The number of hydrogen-bond donors (Lipinski definition) is 6. The monoisotopic (exact) mass is 973 g/mol. The van der Waals surface area contributed by atoms with E-state index in [2.05, 4.69) is 23.1 Å². The zero-order chi connectivity index (χ0) is 48.8. The van der Waals surface area contributed by atoms with E-state index >= 15 is 0 Å². The number of nitrogens with zero attached hydrogens (tertiary/aromatic N) is 2. The molecule has 1 aromatic rings. The van der Waals surface area contributed by atoms with Gasteiger partial charge in [0.25, 0.3) is 0 Å². The number of allylic oxidation sites excluding steroid dienone is 8. The summed E-state index contributed by atoms with van der Waals surface area (Å²) in [7, 11) is -10.9. The number of hydrogen-bond acceptors (Lipinski definition) is 16. The van der Waals surface area contributed by atoms with Crippen molar-refractivity contribution in [3.63, 3.8) is 0 Å². The first-order valence-corrected chi connectivity index (χ1v) is 25.8. The van der Waals surface area contributed by atoms with Crippen LogP contribution >= 0.6 is 15.6 Å². The molecular formula is C45H73N3O16P2. The molecule has 0 spiro atoms. The largest absolute Gasteiger partial charge is 0.481 e. The van der Waals surface area contributed by atoms with Crippen molar-refractivity contribution in [1.82, 2.24) is 9.55 Å². The van der Waals surface area contributed by atoms with Crippen molar-refractivity contribution in [3.05, 3.63) is 83.5 Å².